The Labute approximate surface area is 126 Å². The Kier molecular flexibility index (Phi) is 3.27. The summed E-state index contributed by atoms with van der Waals surface area (Å²) in [6.45, 7) is 3.88. The molecule has 0 radical (unpaired) electrons. The van der Waals surface area contributed by atoms with E-state index in [1.54, 1.807) is 6.07 Å². The van der Waals surface area contributed by atoms with Crippen molar-refractivity contribution in [3.05, 3.63) is 29.1 Å². The lowest BCUT2D eigenvalue weighted by Crippen LogP contribution is -2.54. The van der Waals surface area contributed by atoms with E-state index < -0.39 is 23.8 Å². The van der Waals surface area contributed by atoms with Crippen LogP contribution in [0.2, 0.25) is 0 Å². The highest BCUT2D eigenvalue weighted by Gasteiger charge is 2.44. The van der Waals surface area contributed by atoms with Crippen LogP contribution in [0.5, 0.6) is 0 Å². The summed E-state index contributed by atoms with van der Waals surface area (Å²) in [7, 11) is 0. The highest BCUT2D eigenvalue weighted by Crippen LogP contribution is 2.28. The van der Waals surface area contributed by atoms with Crippen LogP contribution in [-0.2, 0) is 9.59 Å². The van der Waals surface area contributed by atoms with Gasteiger partial charge in [0.25, 0.3) is 11.8 Å². The maximum Gasteiger partial charge on any atom is 0.263 e. The second-order valence-corrected chi connectivity index (χ2v) is 5.76. The molecule has 0 bridgehead atoms. The van der Waals surface area contributed by atoms with Crippen LogP contribution in [0.1, 0.15) is 59.0 Å². The zero-order valence-electron chi connectivity index (χ0n) is 12.3. The summed E-state index contributed by atoms with van der Waals surface area (Å²) >= 11 is 0. The summed E-state index contributed by atoms with van der Waals surface area (Å²) in [6, 6.07) is 0.666. The van der Waals surface area contributed by atoms with Crippen LogP contribution in [0, 0.1) is 0 Å². The second-order valence-electron chi connectivity index (χ2n) is 5.76. The Balaban J connectivity index is 1.96. The first-order chi connectivity index (χ1) is 10.4. The van der Waals surface area contributed by atoms with E-state index in [-0.39, 0.29) is 35.8 Å². The molecule has 22 heavy (non-hydrogen) atoms. The molecule has 7 heteroatoms. The third-order valence-corrected chi connectivity index (χ3v) is 3.94. The molecule has 1 unspecified atom stereocenters. The first kappa shape index (κ1) is 14.4. The van der Waals surface area contributed by atoms with Gasteiger partial charge in [0.2, 0.25) is 11.8 Å². The monoisotopic (exact) mass is 301 g/mol. The normalized spacial score (nSPS) is 21.4. The molecule has 1 fully saturated rings. The van der Waals surface area contributed by atoms with Crippen molar-refractivity contribution >= 4 is 23.6 Å². The number of piperidine rings is 1. The van der Waals surface area contributed by atoms with E-state index >= 15 is 0 Å². The average Bonchev–Trinajstić information content (AvgIpc) is 2.71. The van der Waals surface area contributed by atoms with Gasteiger partial charge in [0, 0.05) is 18.3 Å². The van der Waals surface area contributed by atoms with Crippen molar-refractivity contribution in [2.75, 3.05) is 0 Å². The van der Waals surface area contributed by atoms with Gasteiger partial charge in [-0.05, 0) is 18.4 Å². The SMILES string of the molecule is CC(C)c1cc2c(cn1)C(=O)N(C1CCC(=O)NC1=O)C2=O. The summed E-state index contributed by atoms with van der Waals surface area (Å²) in [5.41, 5.74) is 1.19. The largest absolute Gasteiger partial charge is 0.295 e. The fourth-order valence-corrected chi connectivity index (χ4v) is 2.70. The van der Waals surface area contributed by atoms with Gasteiger partial charge in [0.1, 0.15) is 6.04 Å². The summed E-state index contributed by atoms with van der Waals surface area (Å²) in [5.74, 6) is -1.90. The minimum Gasteiger partial charge on any atom is -0.295 e. The van der Waals surface area contributed by atoms with Gasteiger partial charge in [-0.1, -0.05) is 13.8 Å². The predicted molar refractivity (Wildman–Crippen MR) is 75.0 cm³/mol. The van der Waals surface area contributed by atoms with Crippen LogP contribution in [0.4, 0.5) is 0 Å². The van der Waals surface area contributed by atoms with Crippen molar-refractivity contribution in [3.63, 3.8) is 0 Å². The fourth-order valence-electron chi connectivity index (χ4n) is 2.70. The van der Waals surface area contributed by atoms with E-state index in [0.29, 0.717) is 5.69 Å². The Bertz CT molecular complexity index is 711. The Hall–Kier alpha value is -2.57. The Morgan fingerprint density at radius 1 is 1.18 bits per heavy atom. The van der Waals surface area contributed by atoms with Gasteiger partial charge >= 0.3 is 0 Å². The topological polar surface area (TPSA) is 96.4 Å². The number of carbonyl (C=O) groups is 4. The zero-order valence-corrected chi connectivity index (χ0v) is 12.3. The summed E-state index contributed by atoms with van der Waals surface area (Å²) in [5, 5.41) is 2.16. The molecule has 114 valence electrons. The van der Waals surface area contributed by atoms with E-state index in [1.807, 2.05) is 13.8 Å². The van der Waals surface area contributed by atoms with Gasteiger partial charge < -0.3 is 0 Å². The van der Waals surface area contributed by atoms with E-state index in [9.17, 15) is 19.2 Å². The van der Waals surface area contributed by atoms with Gasteiger partial charge in [-0.25, -0.2) is 0 Å². The van der Waals surface area contributed by atoms with Crippen LogP contribution < -0.4 is 5.32 Å². The molecule has 4 amide bonds. The van der Waals surface area contributed by atoms with Crippen LogP contribution >= 0.6 is 0 Å². The Morgan fingerprint density at radius 2 is 1.86 bits per heavy atom. The number of rotatable bonds is 2. The molecule has 0 spiro atoms. The molecule has 1 aromatic heterocycles. The molecule has 2 aliphatic rings. The number of fused-ring (bicyclic) bond motifs is 1. The van der Waals surface area contributed by atoms with Crippen molar-refractivity contribution in [1.29, 1.82) is 0 Å². The first-order valence-electron chi connectivity index (χ1n) is 7.11. The lowest BCUT2D eigenvalue weighted by Gasteiger charge is -2.27. The highest BCUT2D eigenvalue weighted by atomic mass is 16.2. The van der Waals surface area contributed by atoms with Crippen LogP contribution in [0.3, 0.4) is 0 Å². The molecule has 3 heterocycles. The summed E-state index contributed by atoms with van der Waals surface area (Å²) < 4.78 is 0. The predicted octanol–water partition coefficient (Wildman–Crippen LogP) is 0.606. The van der Waals surface area contributed by atoms with Gasteiger partial charge in [-0.3, -0.25) is 34.4 Å². The number of hydrogen-bond donors (Lipinski definition) is 1. The smallest absolute Gasteiger partial charge is 0.263 e. The Morgan fingerprint density at radius 3 is 2.50 bits per heavy atom. The first-order valence-corrected chi connectivity index (χ1v) is 7.11. The quantitative estimate of drug-likeness (QED) is 0.807. The lowest BCUT2D eigenvalue weighted by atomic mass is 10.0. The molecule has 0 aliphatic carbocycles. The lowest BCUT2D eigenvalue weighted by molar-refractivity contribution is -0.136. The van der Waals surface area contributed by atoms with E-state index in [0.717, 1.165) is 4.90 Å². The zero-order chi connectivity index (χ0) is 16.0. The molecule has 1 N–H and O–H groups in total. The number of amides is 4. The third-order valence-electron chi connectivity index (χ3n) is 3.94. The molecule has 0 aromatic carbocycles. The number of imide groups is 2. The van der Waals surface area contributed by atoms with E-state index in [4.69, 9.17) is 0 Å². The summed E-state index contributed by atoms with van der Waals surface area (Å²) in [6.07, 6.45) is 1.65. The minimum atomic E-state index is -0.937. The van der Waals surface area contributed by atoms with Crippen LogP contribution in [-0.4, -0.2) is 39.6 Å². The number of hydrogen-bond acceptors (Lipinski definition) is 5. The van der Waals surface area contributed by atoms with Gasteiger partial charge in [-0.2, -0.15) is 0 Å². The second kappa shape index (κ2) is 5.01. The molecule has 0 saturated carbocycles. The van der Waals surface area contributed by atoms with Gasteiger partial charge in [0.15, 0.2) is 0 Å². The van der Waals surface area contributed by atoms with E-state index in [2.05, 4.69) is 10.3 Å². The molecule has 3 rings (SSSR count). The average molecular weight is 301 g/mol. The molecule has 1 saturated heterocycles. The molecular formula is C15H15N3O4. The number of aromatic nitrogens is 1. The maximum atomic E-state index is 12.5. The molecule has 1 aromatic rings. The maximum absolute atomic E-state index is 12.5. The van der Waals surface area contributed by atoms with Gasteiger partial charge in [-0.15, -0.1) is 0 Å². The van der Waals surface area contributed by atoms with Gasteiger partial charge in [0.05, 0.1) is 11.1 Å². The number of nitrogens with one attached hydrogen (secondary N) is 1. The van der Waals surface area contributed by atoms with Crippen molar-refractivity contribution in [1.82, 2.24) is 15.2 Å². The standard InChI is InChI=1S/C15H15N3O4/c1-7(2)10-5-8-9(6-16-10)15(22)18(14(8)21)11-3-4-12(19)17-13(11)20/h5-7,11H,3-4H2,1-2H3,(H,17,19,20). The third kappa shape index (κ3) is 2.09. The molecule has 1 atom stereocenters. The summed E-state index contributed by atoms with van der Waals surface area (Å²) in [4.78, 5) is 53.2. The number of pyridine rings is 1. The molecule has 2 aliphatic heterocycles. The van der Waals surface area contributed by atoms with Crippen molar-refractivity contribution in [3.8, 4) is 0 Å². The number of carbonyl (C=O) groups excluding carboxylic acids is 4. The van der Waals surface area contributed by atoms with Crippen molar-refractivity contribution < 1.29 is 19.2 Å². The number of nitrogens with zero attached hydrogens (tertiary/aromatic N) is 2. The van der Waals surface area contributed by atoms with E-state index in [1.165, 1.54) is 6.20 Å². The van der Waals surface area contributed by atoms with Crippen molar-refractivity contribution in [2.45, 2.75) is 38.6 Å². The van der Waals surface area contributed by atoms with Crippen LogP contribution in [0.15, 0.2) is 12.3 Å². The van der Waals surface area contributed by atoms with Crippen LogP contribution in [0.25, 0.3) is 0 Å². The minimum absolute atomic E-state index is 0.110. The fraction of sp³-hybridized carbons (Fsp3) is 0.400. The molecule has 7 nitrogen and oxygen atoms in total. The van der Waals surface area contributed by atoms with Crippen molar-refractivity contribution in [2.24, 2.45) is 0 Å². The molecular weight excluding hydrogens is 286 g/mol. The highest BCUT2D eigenvalue weighted by molar-refractivity contribution is 6.23.